The van der Waals surface area contributed by atoms with Crippen molar-refractivity contribution < 1.29 is 10.2 Å². The SMILES string of the molecule is C=NCCCN(CCO)CCO. The number of hydrogen-bond donors (Lipinski definition) is 2. The van der Waals surface area contributed by atoms with Gasteiger partial charge in [0.05, 0.1) is 13.2 Å². The molecule has 0 amide bonds. The Morgan fingerprint density at radius 1 is 1.08 bits per heavy atom. The van der Waals surface area contributed by atoms with Crippen molar-refractivity contribution in [2.75, 3.05) is 39.4 Å². The summed E-state index contributed by atoms with van der Waals surface area (Å²) in [6, 6.07) is 0. The first-order valence-electron chi connectivity index (χ1n) is 4.21. The monoisotopic (exact) mass is 174 g/mol. The van der Waals surface area contributed by atoms with Gasteiger partial charge in [0, 0.05) is 26.2 Å². The summed E-state index contributed by atoms with van der Waals surface area (Å²) >= 11 is 0. The highest BCUT2D eigenvalue weighted by atomic mass is 16.3. The minimum absolute atomic E-state index is 0.140. The van der Waals surface area contributed by atoms with Crippen LogP contribution in [0, 0.1) is 0 Å². The fourth-order valence-electron chi connectivity index (χ4n) is 1.02. The molecule has 0 aliphatic rings. The number of hydrogen-bond acceptors (Lipinski definition) is 4. The summed E-state index contributed by atoms with van der Waals surface area (Å²) in [5, 5.41) is 17.3. The van der Waals surface area contributed by atoms with Crippen molar-refractivity contribution in [1.82, 2.24) is 4.90 Å². The van der Waals surface area contributed by atoms with Crippen LogP contribution in [-0.2, 0) is 0 Å². The fraction of sp³-hybridized carbons (Fsp3) is 0.875. The molecule has 4 nitrogen and oxygen atoms in total. The summed E-state index contributed by atoms with van der Waals surface area (Å²) in [6.45, 7) is 6.51. The standard InChI is InChI=1S/C8H18N2O2/c1-9-3-2-4-10(5-7-11)6-8-12/h11-12H,1-8H2. The zero-order valence-electron chi connectivity index (χ0n) is 7.45. The Kier molecular flexibility index (Phi) is 8.32. The van der Waals surface area contributed by atoms with E-state index < -0.39 is 0 Å². The van der Waals surface area contributed by atoms with Gasteiger partial charge in [-0.05, 0) is 13.1 Å². The highest BCUT2D eigenvalue weighted by Crippen LogP contribution is 1.90. The maximum atomic E-state index is 8.66. The molecule has 72 valence electrons. The number of aliphatic hydroxyl groups excluding tert-OH is 2. The molecule has 0 heterocycles. The highest BCUT2D eigenvalue weighted by molar-refractivity contribution is 5.22. The van der Waals surface area contributed by atoms with Crippen molar-refractivity contribution in [2.24, 2.45) is 4.99 Å². The van der Waals surface area contributed by atoms with Gasteiger partial charge in [0.15, 0.2) is 0 Å². The molecule has 0 fully saturated rings. The lowest BCUT2D eigenvalue weighted by molar-refractivity contribution is 0.160. The molecule has 0 saturated heterocycles. The molecular weight excluding hydrogens is 156 g/mol. The Morgan fingerprint density at radius 2 is 1.67 bits per heavy atom. The Morgan fingerprint density at radius 3 is 2.08 bits per heavy atom. The van der Waals surface area contributed by atoms with E-state index >= 15 is 0 Å². The van der Waals surface area contributed by atoms with E-state index in [0.29, 0.717) is 13.1 Å². The second-order valence-electron chi connectivity index (χ2n) is 2.59. The number of aliphatic hydroxyl groups is 2. The van der Waals surface area contributed by atoms with Crippen LogP contribution in [0.4, 0.5) is 0 Å². The molecule has 0 saturated carbocycles. The third-order valence-electron chi connectivity index (χ3n) is 1.62. The van der Waals surface area contributed by atoms with Crippen molar-refractivity contribution in [2.45, 2.75) is 6.42 Å². The van der Waals surface area contributed by atoms with Gasteiger partial charge in [-0.1, -0.05) is 0 Å². The third-order valence-corrected chi connectivity index (χ3v) is 1.62. The summed E-state index contributed by atoms with van der Waals surface area (Å²) in [4.78, 5) is 5.73. The summed E-state index contributed by atoms with van der Waals surface area (Å²) < 4.78 is 0. The molecule has 0 atom stereocenters. The zero-order valence-corrected chi connectivity index (χ0v) is 7.45. The van der Waals surface area contributed by atoms with Gasteiger partial charge in [0.25, 0.3) is 0 Å². The molecule has 0 unspecified atom stereocenters. The van der Waals surface area contributed by atoms with Crippen molar-refractivity contribution in [3.05, 3.63) is 0 Å². The third kappa shape index (κ3) is 6.27. The van der Waals surface area contributed by atoms with E-state index in [9.17, 15) is 0 Å². The molecule has 0 aromatic carbocycles. The molecule has 4 heteroatoms. The summed E-state index contributed by atoms with van der Waals surface area (Å²) in [6.07, 6.45) is 0.934. The Hall–Kier alpha value is -0.450. The molecular formula is C8H18N2O2. The molecule has 0 aromatic rings. The minimum atomic E-state index is 0.140. The first-order valence-corrected chi connectivity index (χ1v) is 4.21. The second-order valence-corrected chi connectivity index (χ2v) is 2.59. The van der Waals surface area contributed by atoms with Gasteiger partial charge in [0.1, 0.15) is 0 Å². The van der Waals surface area contributed by atoms with Crippen LogP contribution in [-0.4, -0.2) is 61.2 Å². The van der Waals surface area contributed by atoms with Crippen molar-refractivity contribution in [3.8, 4) is 0 Å². The van der Waals surface area contributed by atoms with E-state index in [1.807, 2.05) is 4.90 Å². The molecule has 0 rings (SSSR count). The van der Waals surface area contributed by atoms with Crippen molar-refractivity contribution in [1.29, 1.82) is 0 Å². The molecule has 0 aliphatic heterocycles. The molecule has 0 bridgehead atoms. The van der Waals surface area contributed by atoms with E-state index in [4.69, 9.17) is 10.2 Å². The van der Waals surface area contributed by atoms with Crippen molar-refractivity contribution >= 4 is 6.72 Å². The topological polar surface area (TPSA) is 56.1 Å². The number of aliphatic imine (C=N–C) groups is 1. The quantitative estimate of drug-likeness (QED) is 0.380. The van der Waals surface area contributed by atoms with Crippen LogP contribution < -0.4 is 0 Å². The maximum Gasteiger partial charge on any atom is 0.0558 e. The summed E-state index contributed by atoms with van der Waals surface area (Å²) in [7, 11) is 0. The highest BCUT2D eigenvalue weighted by Gasteiger charge is 2.01. The lowest BCUT2D eigenvalue weighted by Gasteiger charge is -2.19. The van der Waals surface area contributed by atoms with Gasteiger partial charge in [-0.15, -0.1) is 0 Å². The fourth-order valence-corrected chi connectivity index (χ4v) is 1.02. The van der Waals surface area contributed by atoms with Crippen LogP contribution in [0.2, 0.25) is 0 Å². The predicted molar refractivity (Wildman–Crippen MR) is 49.6 cm³/mol. The number of rotatable bonds is 8. The molecule has 0 radical (unpaired) electrons. The van der Waals surface area contributed by atoms with Gasteiger partial charge in [-0.25, -0.2) is 0 Å². The first kappa shape index (κ1) is 11.6. The maximum absolute atomic E-state index is 8.66. The predicted octanol–water partition coefficient (Wildman–Crippen LogP) is -0.636. The van der Waals surface area contributed by atoms with Crippen LogP contribution in [0.3, 0.4) is 0 Å². The molecule has 2 N–H and O–H groups in total. The van der Waals surface area contributed by atoms with Gasteiger partial charge in [-0.3, -0.25) is 4.90 Å². The summed E-state index contributed by atoms with van der Waals surface area (Å²) in [5.74, 6) is 0. The summed E-state index contributed by atoms with van der Waals surface area (Å²) in [5.41, 5.74) is 0. The van der Waals surface area contributed by atoms with Crippen LogP contribution in [0.1, 0.15) is 6.42 Å². The number of nitrogens with zero attached hydrogens (tertiary/aromatic N) is 2. The van der Waals surface area contributed by atoms with Gasteiger partial charge < -0.3 is 15.2 Å². The Balaban J connectivity index is 3.40. The average molecular weight is 174 g/mol. The van der Waals surface area contributed by atoms with Crippen LogP contribution >= 0.6 is 0 Å². The van der Waals surface area contributed by atoms with E-state index in [-0.39, 0.29) is 13.2 Å². The van der Waals surface area contributed by atoms with Crippen LogP contribution in [0.25, 0.3) is 0 Å². The van der Waals surface area contributed by atoms with Gasteiger partial charge >= 0.3 is 0 Å². The largest absolute Gasteiger partial charge is 0.395 e. The van der Waals surface area contributed by atoms with E-state index in [1.165, 1.54) is 0 Å². The van der Waals surface area contributed by atoms with Gasteiger partial charge in [-0.2, -0.15) is 0 Å². The molecule has 0 aliphatic carbocycles. The Bertz CT molecular complexity index is 103. The Labute approximate surface area is 73.5 Å². The van der Waals surface area contributed by atoms with E-state index in [2.05, 4.69) is 11.7 Å². The molecule has 0 aromatic heterocycles. The molecule has 0 spiro atoms. The average Bonchev–Trinajstić information content (AvgIpc) is 2.06. The van der Waals surface area contributed by atoms with Gasteiger partial charge in [0.2, 0.25) is 0 Å². The van der Waals surface area contributed by atoms with E-state index in [0.717, 1.165) is 19.5 Å². The molecule has 12 heavy (non-hydrogen) atoms. The lowest BCUT2D eigenvalue weighted by atomic mass is 10.3. The van der Waals surface area contributed by atoms with E-state index in [1.54, 1.807) is 0 Å². The normalized spacial score (nSPS) is 10.6. The van der Waals surface area contributed by atoms with Crippen molar-refractivity contribution in [3.63, 3.8) is 0 Å². The minimum Gasteiger partial charge on any atom is -0.395 e. The van der Waals surface area contributed by atoms with Crippen LogP contribution in [0.15, 0.2) is 4.99 Å². The first-order chi connectivity index (χ1) is 5.85. The second kappa shape index (κ2) is 8.64. The zero-order chi connectivity index (χ0) is 9.23. The van der Waals surface area contributed by atoms with Crippen LogP contribution in [0.5, 0.6) is 0 Å². The smallest absolute Gasteiger partial charge is 0.0558 e. The lowest BCUT2D eigenvalue weighted by Crippen LogP contribution is -2.31.